The van der Waals surface area contributed by atoms with Gasteiger partial charge in [0.1, 0.15) is 0 Å². The molecule has 0 spiro atoms. The van der Waals surface area contributed by atoms with E-state index in [1.807, 2.05) is 24.3 Å². The molecule has 0 aliphatic heterocycles. The molecule has 3 aromatic rings. The van der Waals surface area contributed by atoms with Crippen LogP contribution < -0.4 is 5.73 Å². The van der Waals surface area contributed by atoms with Gasteiger partial charge in [-0.3, -0.25) is 4.79 Å². The van der Waals surface area contributed by atoms with E-state index < -0.39 is 0 Å². The Balaban J connectivity index is 0.000000393. The number of aromatic nitrogens is 1. The minimum Gasteiger partial charge on any atom is -0.482 e. The van der Waals surface area contributed by atoms with Gasteiger partial charge in [-0.1, -0.05) is 23.6 Å². The summed E-state index contributed by atoms with van der Waals surface area (Å²) < 4.78 is 6.78. The van der Waals surface area contributed by atoms with Gasteiger partial charge in [-0.2, -0.15) is 30.2 Å². The number of nitrogens with one attached hydrogen (secondary N) is 1. The molecule has 1 heterocycles. The molecule has 32 heavy (non-hydrogen) atoms. The zero-order valence-electron chi connectivity index (χ0n) is 17.9. The molecule has 0 fully saturated rings. The van der Waals surface area contributed by atoms with Crippen LogP contribution in [0, 0.1) is 49.5 Å². The van der Waals surface area contributed by atoms with Gasteiger partial charge in [0.15, 0.2) is 12.2 Å². The molecule has 0 radical (unpaired) electrons. The van der Waals surface area contributed by atoms with Gasteiger partial charge < -0.3 is 32.5 Å². The minimum atomic E-state index is -0.0280. The smallest absolute Gasteiger partial charge is 0.482 e. The van der Waals surface area contributed by atoms with Crippen LogP contribution >= 0.6 is 11.6 Å². The van der Waals surface area contributed by atoms with E-state index in [2.05, 4.69) is 13.0 Å². The summed E-state index contributed by atoms with van der Waals surface area (Å²) in [5.74, 6) is 0.153. The van der Waals surface area contributed by atoms with Crippen molar-refractivity contribution in [3.05, 3.63) is 83.2 Å². The number of ether oxygens (including phenoxy) is 1. The van der Waals surface area contributed by atoms with Crippen LogP contribution in [0.4, 0.5) is 0 Å². The number of hydrogen-bond acceptors (Lipinski definition) is 5. The molecule has 0 aliphatic rings. The summed E-state index contributed by atoms with van der Waals surface area (Å²) in [6, 6.07) is 14.1. The SMILES string of the molecule is CO/C(N)=C(/C=N)c1ccc2c(C=O)cn(CCO)c2c1.[CH2-]CCc1[c-]ccc(Cl)c1.[U+2]. The Kier molecular flexibility index (Phi) is 12.4. The molecule has 166 valence electrons. The van der Waals surface area contributed by atoms with E-state index in [-0.39, 0.29) is 43.6 Å². The summed E-state index contributed by atoms with van der Waals surface area (Å²) in [4.78, 5) is 11.1. The van der Waals surface area contributed by atoms with Gasteiger partial charge in [0.05, 0.1) is 19.3 Å². The van der Waals surface area contributed by atoms with E-state index in [1.54, 1.807) is 22.9 Å². The van der Waals surface area contributed by atoms with Gasteiger partial charge in [0.25, 0.3) is 0 Å². The topological polar surface area (TPSA) is 101 Å². The first kappa shape index (κ1) is 28.0. The molecule has 0 amide bonds. The monoisotopic (exact) mass is 677 g/mol. The summed E-state index contributed by atoms with van der Waals surface area (Å²) in [6.07, 6.45) is 5.47. The summed E-state index contributed by atoms with van der Waals surface area (Å²) in [5.41, 5.74) is 9.41. The first-order chi connectivity index (χ1) is 15.0. The second-order valence-electron chi connectivity index (χ2n) is 6.61. The van der Waals surface area contributed by atoms with Crippen LogP contribution in [-0.2, 0) is 17.7 Å². The third kappa shape index (κ3) is 7.25. The van der Waals surface area contributed by atoms with Crippen LogP contribution in [0.2, 0.25) is 5.02 Å². The molecule has 3 rings (SSSR count). The van der Waals surface area contributed by atoms with E-state index in [1.165, 1.54) is 7.11 Å². The van der Waals surface area contributed by atoms with Crippen molar-refractivity contribution in [3.8, 4) is 0 Å². The van der Waals surface area contributed by atoms with Crippen LogP contribution in [-0.4, -0.2) is 35.9 Å². The van der Waals surface area contributed by atoms with Crippen molar-refractivity contribution < 1.29 is 45.8 Å². The number of carbonyl (C=O) groups is 1. The fourth-order valence-corrected chi connectivity index (χ4v) is 3.30. The summed E-state index contributed by atoms with van der Waals surface area (Å²) in [7, 11) is 1.44. The van der Waals surface area contributed by atoms with Crippen LogP contribution in [0.15, 0.2) is 48.5 Å². The number of allylic oxidation sites excluding steroid dienone is 1. The van der Waals surface area contributed by atoms with Gasteiger partial charge in [0, 0.05) is 35.4 Å². The zero-order valence-corrected chi connectivity index (χ0v) is 22.8. The van der Waals surface area contributed by atoms with Gasteiger partial charge in [-0.25, -0.2) is 0 Å². The number of nitrogens with zero attached hydrogens (tertiary/aromatic N) is 1. The Bertz CT molecular complexity index is 1080. The molecular weight excluding hydrogens is 652 g/mol. The number of methoxy groups -OCH3 is 1. The Hall–Kier alpha value is -2.04. The Labute approximate surface area is 217 Å². The third-order valence-electron chi connectivity index (χ3n) is 4.59. The molecule has 2 aromatic carbocycles. The van der Waals surface area contributed by atoms with E-state index in [4.69, 9.17) is 32.6 Å². The molecule has 4 N–H and O–H groups in total. The molecule has 0 bridgehead atoms. The number of aliphatic hydroxyl groups is 1. The quantitative estimate of drug-likeness (QED) is 0.144. The number of fused-ring (bicyclic) bond motifs is 1. The number of benzene rings is 2. The number of nitrogens with two attached hydrogens (primary N) is 1. The Morgan fingerprint density at radius 2 is 2.12 bits per heavy atom. The summed E-state index contributed by atoms with van der Waals surface area (Å²) in [5, 5.41) is 18.2. The fourth-order valence-electron chi connectivity index (χ4n) is 3.10. The average molecular weight is 678 g/mol. The van der Waals surface area contributed by atoms with Gasteiger partial charge >= 0.3 is 31.1 Å². The van der Waals surface area contributed by atoms with Gasteiger partial charge in [-0.05, 0) is 11.6 Å². The van der Waals surface area contributed by atoms with Crippen molar-refractivity contribution in [2.24, 2.45) is 5.73 Å². The first-order valence-corrected chi connectivity index (χ1v) is 10.1. The van der Waals surface area contributed by atoms with E-state index in [0.29, 0.717) is 23.2 Å². The maximum Gasteiger partial charge on any atom is 2.00 e. The molecule has 0 atom stereocenters. The van der Waals surface area contributed by atoms with Gasteiger partial charge in [0.2, 0.25) is 0 Å². The van der Waals surface area contributed by atoms with Crippen molar-refractivity contribution >= 4 is 40.6 Å². The summed E-state index contributed by atoms with van der Waals surface area (Å²) in [6.45, 7) is 4.11. The predicted octanol–water partition coefficient (Wildman–Crippen LogP) is 4.28. The minimum absolute atomic E-state index is 0. The molecular formula is C24H26ClN3O3U. The van der Waals surface area contributed by atoms with Crippen molar-refractivity contribution in [2.75, 3.05) is 13.7 Å². The second kappa shape index (κ2) is 14.2. The number of carbonyl (C=O) groups excluding carboxylic acids is 1. The number of aliphatic hydroxyl groups excluding tert-OH is 1. The van der Waals surface area contributed by atoms with Crippen molar-refractivity contribution in [2.45, 2.75) is 19.4 Å². The van der Waals surface area contributed by atoms with Crippen LogP contribution in [0.1, 0.15) is 27.9 Å². The number of rotatable bonds is 8. The second-order valence-corrected chi connectivity index (χ2v) is 7.05. The normalized spacial score (nSPS) is 11.0. The largest absolute Gasteiger partial charge is 2.00 e. The van der Waals surface area contributed by atoms with Crippen molar-refractivity contribution in [1.29, 1.82) is 5.41 Å². The maximum absolute atomic E-state index is 11.1. The van der Waals surface area contributed by atoms with Crippen LogP contribution in [0.3, 0.4) is 0 Å². The molecule has 0 saturated carbocycles. The first-order valence-electron chi connectivity index (χ1n) is 9.67. The van der Waals surface area contributed by atoms with Crippen LogP contribution in [0.25, 0.3) is 16.5 Å². The zero-order chi connectivity index (χ0) is 22.8. The number of aldehydes is 1. The van der Waals surface area contributed by atoms with E-state index in [0.717, 1.165) is 46.8 Å². The average Bonchev–Trinajstić information content (AvgIpc) is 3.12. The fraction of sp³-hybridized carbons (Fsp3) is 0.208. The molecule has 0 aliphatic carbocycles. The molecule has 1 aromatic heterocycles. The molecule has 0 saturated heterocycles. The number of halogens is 1. The van der Waals surface area contributed by atoms with E-state index >= 15 is 0 Å². The summed E-state index contributed by atoms with van der Waals surface area (Å²) >= 11 is 5.74. The standard InChI is InChI=1S/C15H17N3O3.C9H9Cl.U/c1-21-15(17)13(7-16)10-2-3-12-11(9-20)8-18(4-5-19)14(12)6-10;1-2-4-8-5-3-6-9(10)7-8;/h2-3,6-9,16,19H,4-5,17H2,1H3;3,6-7H,1-2,4H2;/q;-2;+2/b15-13-,16-7?;;. The Morgan fingerprint density at radius 3 is 2.69 bits per heavy atom. The van der Waals surface area contributed by atoms with Crippen LogP contribution in [0.5, 0.6) is 0 Å². The predicted molar refractivity (Wildman–Crippen MR) is 125 cm³/mol. The number of aryl methyl sites for hydroxylation is 1. The molecule has 0 unspecified atom stereocenters. The number of hydrogen-bond donors (Lipinski definition) is 3. The van der Waals surface area contributed by atoms with Crippen molar-refractivity contribution in [3.63, 3.8) is 0 Å². The maximum atomic E-state index is 11.1. The van der Waals surface area contributed by atoms with E-state index in [9.17, 15) is 4.79 Å². The Morgan fingerprint density at radius 1 is 1.38 bits per heavy atom. The third-order valence-corrected chi connectivity index (χ3v) is 4.83. The molecule has 8 heteroatoms. The van der Waals surface area contributed by atoms with Gasteiger partial charge in [-0.15, -0.1) is 17.7 Å². The van der Waals surface area contributed by atoms with Crippen molar-refractivity contribution in [1.82, 2.24) is 4.57 Å². The molecule has 6 nitrogen and oxygen atoms in total.